The van der Waals surface area contributed by atoms with Crippen molar-refractivity contribution in [3.05, 3.63) is 41.2 Å². The molecule has 0 saturated carbocycles. The number of rotatable bonds is 2. The van der Waals surface area contributed by atoms with Crippen molar-refractivity contribution in [2.75, 3.05) is 0 Å². The minimum Gasteiger partial charge on any atom is -0.216 e. The maximum Gasteiger partial charge on any atom is 0.102 e. The van der Waals surface area contributed by atoms with Crippen molar-refractivity contribution in [1.29, 1.82) is 0 Å². The molecule has 0 atom stereocenters. The summed E-state index contributed by atoms with van der Waals surface area (Å²) in [6.07, 6.45) is 0. The topological polar surface area (TPSA) is 30.7 Å². The molecule has 0 amide bonds. The van der Waals surface area contributed by atoms with Gasteiger partial charge < -0.3 is 0 Å². The molecule has 96 valence electrons. The first kappa shape index (κ1) is 13.1. The summed E-state index contributed by atoms with van der Waals surface area (Å²) in [7, 11) is 0. The Morgan fingerprint density at radius 3 is 2.44 bits per heavy atom. The highest BCUT2D eigenvalue weighted by Gasteiger charge is 2.25. The minimum absolute atomic E-state index is 0.0456. The monoisotopic (exact) mass is 263 g/mol. The number of hydrogen-bond donors (Lipinski definition) is 0. The molecule has 0 radical (unpaired) electrons. The van der Waals surface area contributed by atoms with E-state index in [-0.39, 0.29) is 5.41 Å². The molecule has 2 aromatic rings. The lowest BCUT2D eigenvalue weighted by molar-refractivity contribution is 0.539. The van der Waals surface area contributed by atoms with Gasteiger partial charge in [-0.25, -0.2) is 4.68 Å². The maximum atomic E-state index is 5.96. The van der Waals surface area contributed by atoms with Gasteiger partial charge in [-0.05, 0) is 18.6 Å². The van der Waals surface area contributed by atoms with E-state index in [0.29, 0.717) is 5.88 Å². The summed E-state index contributed by atoms with van der Waals surface area (Å²) in [6.45, 7) is 8.52. The van der Waals surface area contributed by atoms with E-state index in [9.17, 15) is 0 Å². The van der Waals surface area contributed by atoms with Gasteiger partial charge in [0.2, 0.25) is 0 Å². The lowest BCUT2D eigenvalue weighted by atomic mass is 9.90. The molecule has 0 fully saturated rings. The summed E-state index contributed by atoms with van der Waals surface area (Å²) in [4.78, 5) is 0. The van der Waals surface area contributed by atoms with Crippen LogP contribution in [-0.2, 0) is 11.3 Å². The summed E-state index contributed by atoms with van der Waals surface area (Å²) >= 11 is 5.96. The van der Waals surface area contributed by atoms with E-state index in [1.165, 1.54) is 5.56 Å². The van der Waals surface area contributed by atoms with Crippen LogP contribution in [0.3, 0.4) is 0 Å². The number of alkyl halides is 1. The molecule has 4 heteroatoms. The molecule has 2 rings (SSSR count). The fourth-order valence-corrected chi connectivity index (χ4v) is 2.30. The molecule has 0 aliphatic carbocycles. The second-order valence-corrected chi connectivity index (χ2v) is 5.73. The fourth-order valence-electron chi connectivity index (χ4n) is 2.12. The van der Waals surface area contributed by atoms with E-state index < -0.39 is 0 Å². The molecule has 0 unspecified atom stereocenters. The van der Waals surface area contributed by atoms with E-state index in [1.807, 2.05) is 16.8 Å². The summed E-state index contributed by atoms with van der Waals surface area (Å²) in [5, 5.41) is 8.47. The Kier molecular flexibility index (Phi) is 3.44. The second-order valence-electron chi connectivity index (χ2n) is 5.47. The highest BCUT2D eigenvalue weighted by atomic mass is 35.5. The van der Waals surface area contributed by atoms with Crippen molar-refractivity contribution >= 4 is 11.6 Å². The van der Waals surface area contributed by atoms with Gasteiger partial charge in [-0.2, -0.15) is 0 Å². The standard InChI is InChI=1S/C14H18ClN3/c1-10-7-5-6-8-12(10)18-13(14(2,3)4)11(9-15)16-17-18/h5-8H,9H2,1-4H3. The molecule has 18 heavy (non-hydrogen) atoms. The minimum atomic E-state index is -0.0456. The third-order valence-electron chi connectivity index (χ3n) is 2.92. The predicted molar refractivity (Wildman–Crippen MR) is 74.4 cm³/mol. The van der Waals surface area contributed by atoms with E-state index in [1.54, 1.807) is 0 Å². The first-order valence-electron chi connectivity index (χ1n) is 6.02. The zero-order chi connectivity index (χ0) is 13.3. The van der Waals surface area contributed by atoms with Gasteiger partial charge in [0.15, 0.2) is 0 Å². The van der Waals surface area contributed by atoms with Gasteiger partial charge in [0.1, 0.15) is 5.69 Å². The summed E-state index contributed by atoms with van der Waals surface area (Å²) in [5.41, 5.74) is 4.12. The van der Waals surface area contributed by atoms with E-state index in [0.717, 1.165) is 17.1 Å². The van der Waals surface area contributed by atoms with Crippen LogP contribution in [0.2, 0.25) is 0 Å². The first-order valence-corrected chi connectivity index (χ1v) is 6.55. The summed E-state index contributed by atoms with van der Waals surface area (Å²) in [6, 6.07) is 8.16. The zero-order valence-electron chi connectivity index (χ0n) is 11.2. The smallest absolute Gasteiger partial charge is 0.102 e. The molecular formula is C14H18ClN3. The average Bonchev–Trinajstić information content (AvgIpc) is 2.73. The largest absolute Gasteiger partial charge is 0.216 e. The van der Waals surface area contributed by atoms with Crippen LogP contribution in [0.5, 0.6) is 0 Å². The number of nitrogens with zero attached hydrogens (tertiary/aromatic N) is 3. The van der Waals surface area contributed by atoms with Crippen molar-refractivity contribution in [2.45, 2.75) is 39.0 Å². The number of aromatic nitrogens is 3. The van der Waals surface area contributed by atoms with Gasteiger partial charge in [0, 0.05) is 5.41 Å². The van der Waals surface area contributed by atoms with Gasteiger partial charge in [-0.15, -0.1) is 16.7 Å². The van der Waals surface area contributed by atoms with Crippen LogP contribution in [0.15, 0.2) is 24.3 Å². The Morgan fingerprint density at radius 2 is 1.89 bits per heavy atom. The number of halogens is 1. The average molecular weight is 264 g/mol. The Hall–Kier alpha value is -1.35. The maximum absolute atomic E-state index is 5.96. The van der Waals surface area contributed by atoms with Crippen LogP contribution in [0.1, 0.15) is 37.7 Å². The lowest BCUT2D eigenvalue weighted by Gasteiger charge is -2.21. The lowest BCUT2D eigenvalue weighted by Crippen LogP contribution is -2.19. The van der Waals surface area contributed by atoms with Crippen molar-refractivity contribution in [2.24, 2.45) is 0 Å². The van der Waals surface area contributed by atoms with Crippen LogP contribution in [-0.4, -0.2) is 15.0 Å². The third-order valence-corrected chi connectivity index (χ3v) is 3.17. The molecule has 1 aromatic carbocycles. The molecule has 0 spiro atoms. The van der Waals surface area contributed by atoms with Crippen molar-refractivity contribution in [3.8, 4) is 5.69 Å². The normalized spacial score (nSPS) is 11.8. The van der Waals surface area contributed by atoms with Gasteiger partial charge in [0.25, 0.3) is 0 Å². The molecular weight excluding hydrogens is 246 g/mol. The van der Waals surface area contributed by atoms with Crippen LogP contribution in [0, 0.1) is 6.92 Å². The molecule has 1 heterocycles. The number of hydrogen-bond acceptors (Lipinski definition) is 2. The van der Waals surface area contributed by atoms with E-state index >= 15 is 0 Å². The summed E-state index contributed by atoms with van der Waals surface area (Å²) < 4.78 is 1.91. The number of benzene rings is 1. The van der Waals surface area contributed by atoms with Crippen molar-refractivity contribution in [3.63, 3.8) is 0 Å². The number of para-hydroxylation sites is 1. The zero-order valence-corrected chi connectivity index (χ0v) is 12.0. The summed E-state index contributed by atoms with van der Waals surface area (Å²) in [5.74, 6) is 0.387. The number of aryl methyl sites for hydroxylation is 1. The highest BCUT2D eigenvalue weighted by Crippen LogP contribution is 2.28. The van der Waals surface area contributed by atoms with Crippen LogP contribution < -0.4 is 0 Å². The highest BCUT2D eigenvalue weighted by molar-refractivity contribution is 6.17. The van der Waals surface area contributed by atoms with Gasteiger partial charge in [-0.1, -0.05) is 44.2 Å². The fraction of sp³-hybridized carbons (Fsp3) is 0.429. The van der Waals surface area contributed by atoms with Crippen LogP contribution in [0.25, 0.3) is 5.69 Å². The molecule has 1 aromatic heterocycles. The van der Waals surface area contributed by atoms with Crippen molar-refractivity contribution < 1.29 is 0 Å². The molecule has 0 aliphatic heterocycles. The molecule has 0 aliphatic rings. The van der Waals surface area contributed by atoms with Crippen molar-refractivity contribution in [1.82, 2.24) is 15.0 Å². The Bertz CT molecular complexity index is 552. The SMILES string of the molecule is Cc1ccccc1-n1nnc(CCl)c1C(C)(C)C. The Balaban J connectivity index is 2.66. The van der Waals surface area contributed by atoms with Crippen LogP contribution >= 0.6 is 11.6 Å². The second kappa shape index (κ2) is 4.73. The van der Waals surface area contributed by atoms with E-state index in [2.05, 4.69) is 50.1 Å². The third kappa shape index (κ3) is 2.27. The quantitative estimate of drug-likeness (QED) is 0.775. The molecule has 3 nitrogen and oxygen atoms in total. The first-order chi connectivity index (χ1) is 8.45. The van der Waals surface area contributed by atoms with Gasteiger partial charge >= 0.3 is 0 Å². The molecule has 0 N–H and O–H groups in total. The molecule has 0 saturated heterocycles. The Morgan fingerprint density at radius 1 is 1.22 bits per heavy atom. The van der Waals surface area contributed by atoms with Gasteiger partial charge in [0.05, 0.1) is 17.3 Å². The van der Waals surface area contributed by atoms with E-state index in [4.69, 9.17) is 11.6 Å². The molecule has 0 bridgehead atoms. The van der Waals surface area contributed by atoms with Crippen LogP contribution in [0.4, 0.5) is 0 Å². The van der Waals surface area contributed by atoms with Gasteiger partial charge in [-0.3, -0.25) is 0 Å². The predicted octanol–water partition coefficient (Wildman–Crippen LogP) is 3.61. The Labute approximate surface area is 113 Å².